The number of amides is 1. The largest absolute Gasteiger partial charge is 0.355 e. The zero-order valence-corrected chi connectivity index (χ0v) is 13.9. The van der Waals surface area contributed by atoms with Crippen LogP contribution in [0.15, 0.2) is 15.9 Å². The number of rotatable bonds is 4. The van der Waals surface area contributed by atoms with Crippen molar-refractivity contribution in [1.29, 1.82) is 0 Å². The van der Waals surface area contributed by atoms with E-state index in [2.05, 4.69) is 33.5 Å². The summed E-state index contributed by atoms with van der Waals surface area (Å²) in [7, 11) is 0. The zero-order valence-electron chi connectivity index (χ0n) is 11.5. The highest BCUT2D eigenvalue weighted by Gasteiger charge is 2.28. The van der Waals surface area contributed by atoms with E-state index in [1.54, 1.807) is 11.3 Å². The minimum absolute atomic E-state index is 0.0679. The summed E-state index contributed by atoms with van der Waals surface area (Å²) in [6, 6.07) is 4.02. The molecular weight excluding hydrogens is 324 g/mol. The quantitative estimate of drug-likeness (QED) is 0.880. The molecule has 0 radical (unpaired) electrons. The topological polar surface area (TPSA) is 41.1 Å². The molecule has 2 heterocycles. The number of thiophene rings is 1. The molecule has 106 valence electrons. The SMILES string of the molecule is CC(C(=O)NCC1(C)CCNCC1)c1ccc(Br)s1. The second-order valence-electron chi connectivity index (χ2n) is 5.64. The molecule has 0 aromatic carbocycles. The van der Waals surface area contributed by atoms with Crippen molar-refractivity contribution in [2.75, 3.05) is 19.6 Å². The van der Waals surface area contributed by atoms with Crippen molar-refractivity contribution >= 4 is 33.2 Å². The van der Waals surface area contributed by atoms with Gasteiger partial charge in [-0.15, -0.1) is 11.3 Å². The van der Waals surface area contributed by atoms with Crippen LogP contribution in [-0.2, 0) is 4.79 Å². The van der Waals surface area contributed by atoms with Crippen molar-refractivity contribution in [1.82, 2.24) is 10.6 Å². The molecule has 0 aliphatic carbocycles. The Bertz CT molecular complexity index is 440. The molecule has 0 bridgehead atoms. The van der Waals surface area contributed by atoms with E-state index in [1.165, 1.54) is 0 Å². The Morgan fingerprint density at radius 2 is 2.21 bits per heavy atom. The fourth-order valence-electron chi connectivity index (χ4n) is 2.35. The number of carbonyl (C=O) groups excluding carboxylic acids is 1. The molecule has 1 aliphatic heterocycles. The van der Waals surface area contributed by atoms with Crippen LogP contribution in [0.1, 0.15) is 37.5 Å². The molecule has 1 aliphatic rings. The van der Waals surface area contributed by atoms with Crippen LogP contribution in [0.3, 0.4) is 0 Å². The van der Waals surface area contributed by atoms with Gasteiger partial charge in [-0.3, -0.25) is 4.79 Å². The third kappa shape index (κ3) is 4.04. The maximum absolute atomic E-state index is 12.2. The normalized spacial score (nSPS) is 19.9. The number of halogens is 1. The van der Waals surface area contributed by atoms with E-state index in [0.29, 0.717) is 0 Å². The summed E-state index contributed by atoms with van der Waals surface area (Å²) in [6.45, 7) is 7.13. The second kappa shape index (κ2) is 6.37. The maximum atomic E-state index is 12.2. The summed E-state index contributed by atoms with van der Waals surface area (Å²) in [5, 5.41) is 6.49. The highest BCUT2D eigenvalue weighted by Crippen LogP contribution is 2.30. The van der Waals surface area contributed by atoms with Crippen LogP contribution in [0.4, 0.5) is 0 Å². The molecular formula is C14H21BrN2OS. The molecule has 0 spiro atoms. The minimum atomic E-state index is -0.0679. The first-order valence-corrected chi connectivity index (χ1v) is 8.35. The molecule has 1 aromatic heterocycles. The van der Waals surface area contributed by atoms with Gasteiger partial charge < -0.3 is 10.6 Å². The summed E-state index contributed by atoms with van der Waals surface area (Å²) < 4.78 is 1.08. The Labute approximate surface area is 127 Å². The molecule has 5 heteroatoms. The van der Waals surface area contributed by atoms with E-state index in [-0.39, 0.29) is 17.2 Å². The van der Waals surface area contributed by atoms with Gasteiger partial charge in [-0.25, -0.2) is 0 Å². The van der Waals surface area contributed by atoms with Crippen molar-refractivity contribution in [3.05, 3.63) is 20.8 Å². The van der Waals surface area contributed by atoms with E-state index < -0.39 is 0 Å². The van der Waals surface area contributed by atoms with Crippen LogP contribution in [0.2, 0.25) is 0 Å². The molecule has 1 unspecified atom stereocenters. The summed E-state index contributed by atoms with van der Waals surface area (Å²) in [5.74, 6) is 0.0655. The van der Waals surface area contributed by atoms with Crippen molar-refractivity contribution < 1.29 is 4.79 Å². The van der Waals surface area contributed by atoms with Crippen molar-refractivity contribution in [2.45, 2.75) is 32.6 Å². The van der Waals surface area contributed by atoms with Crippen LogP contribution < -0.4 is 10.6 Å². The van der Waals surface area contributed by atoms with E-state index >= 15 is 0 Å². The molecule has 1 aromatic rings. The molecule has 0 saturated carbocycles. The predicted octanol–water partition coefficient (Wildman–Crippen LogP) is 3.12. The van der Waals surface area contributed by atoms with Gasteiger partial charge in [-0.1, -0.05) is 6.92 Å². The van der Waals surface area contributed by atoms with E-state index in [4.69, 9.17) is 0 Å². The number of hydrogen-bond donors (Lipinski definition) is 2. The van der Waals surface area contributed by atoms with Crippen LogP contribution in [-0.4, -0.2) is 25.5 Å². The van der Waals surface area contributed by atoms with Gasteiger partial charge in [0.15, 0.2) is 0 Å². The first kappa shape index (κ1) is 15.0. The second-order valence-corrected chi connectivity index (χ2v) is 8.14. The Morgan fingerprint density at radius 1 is 1.53 bits per heavy atom. The molecule has 3 nitrogen and oxygen atoms in total. The zero-order chi connectivity index (χ0) is 13.9. The Balaban J connectivity index is 1.87. The Morgan fingerprint density at radius 3 is 2.79 bits per heavy atom. The van der Waals surface area contributed by atoms with Crippen molar-refractivity contribution in [3.8, 4) is 0 Å². The highest BCUT2D eigenvalue weighted by molar-refractivity contribution is 9.11. The lowest BCUT2D eigenvalue weighted by molar-refractivity contribution is -0.122. The Kier molecular flexibility index (Phi) is 5.03. The predicted molar refractivity (Wildman–Crippen MR) is 83.7 cm³/mol. The van der Waals surface area contributed by atoms with E-state index in [0.717, 1.165) is 41.1 Å². The number of hydrogen-bond acceptors (Lipinski definition) is 3. The molecule has 2 N–H and O–H groups in total. The molecule has 19 heavy (non-hydrogen) atoms. The van der Waals surface area contributed by atoms with Gasteiger partial charge in [-0.2, -0.15) is 0 Å². The molecule has 1 atom stereocenters. The lowest BCUT2D eigenvalue weighted by atomic mass is 9.81. The molecule has 1 amide bonds. The van der Waals surface area contributed by atoms with Crippen LogP contribution in [0, 0.1) is 5.41 Å². The maximum Gasteiger partial charge on any atom is 0.228 e. The smallest absolute Gasteiger partial charge is 0.228 e. The minimum Gasteiger partial charge on any atom is -0.355 e. The van der Waals surface area contributed by atoms with Gasteiger partial charge >= 0.3 is 0 Å². The van der Waals surface area contributed by atoms with Crippen LogP contribution >= 0.6 is 27.3 Å². The van der Waals surface area contributed by atoms with Crippen LogP contribution in [0.5, 0.6) is 0 Å². The first-order valence-electron chi connectivity index (χ1n) is 6.74. The monoisotopic (exact) mass is 344 g/mol. The molecule has 1 saturated heterocycles. The van der Waals surface area contributed by atoms with Gasteiger partial charge in [0.05, 0.1) is 9.70 Å². The average molecular weight is 345 g/mol. The van der Waals surface area contributed by atoms with Crippen molar-refractivity contribution in [3.63, 3.8) is 0 Å². The Hall–Kier alpha value is -0.390. The third-order valence-corrected chi connectivity index (χ3v) is 5.72. The summed E-state index contributed by atoms with van der Waals surface area (Å²) in [6.07, 6.45) is 2.26. The van der Waals surface area contributed by atoms with Gasteiger partial charge in [-0.05, 0) is 66.3 Å². The van der Waals surface area contributed by atoms with E-state index in [9.17, 15) is 4.79 Å². The van der Waals surface area contributed by atoms with Crippen molar-refractivity contribution in [2.24, 2.45) is 5.41 Å². The lowest BCUT2D eigenvalue weighted by Crippen LogP contribution is -2.43. The van der Waals surface area contributed by atoms with Gasteiger partial charge in [0.1, 0.15) is 0 Å². The van der Waals surface area contributed by atoms with Gasteiger partial charge in [0.25, 0.3) is 0 Å². The standard InChI is InChI=1S/C14H21BrN2OS/c1-10(11-3-4-12(15)19-11)13(18)17-9-14(2)5-7-16-8-6-14/h3-4,10,16H,5-9H2,1-2H3,(H,17,18). The number of piperidine rings is 1. The van der Waals surface area contributed by atoms with Gasteiger partial charge in [0, 0.05) is 11.4 Å². The fraction of sp³-hybridized carbons (Fsp3) is 0.643. The number of nitrogens with one attached hydrogen (secondary N) is 2. The average Bonchev–Trinajstić information content (AvgIpc) is 2.83. The fourth-order valence-corrected chi connectivity index (χ4v) is 3.82. The molecule has 1 fully saturated rings. The summed E-state index contributed by atoms with van der Waals surface area (Å²) >= 11 is 5.07. The molecule has 2 rings (SSSR count). The third-order valence-electron chi connectivity index (χ3n) is 3.91. The van der Waals surface area contributed by atoms with Crippen LogP contribution in [0.25, 0.3) is 0 Å². The van der Waals surface area contributed by atoms with Gasteiger partial charge in [0.2, 0.25) is 5.91 Å². The summed E-state index contributed by atoms with van der Waals surface area (Å²) in [4.78, 5) is 13.3. The summed E-state index contributed by atoms with van der Waals surface area (Å²) in [5.41, 5.74) is 0.247. The first-order chi connectivity index (χ1) is 9.00. The number of carbonyl (C=O) groups is 1. The lowest BCUT2D eigenvalue weighted by Gasteiger charge is -2.34. The van der Waals surface area contributed by atoms with E-state index in [1.807, 2.05) is 19.1 Å². The highest BCUT2D eigenvalue weighted by atomic mass is 79.9.